The van der Waals surface area contributed by atoms with Crippen LogP contribution in [0.15, 0.2) is 151 Å². The zero-order valence-corrected chi connectivity index (χ0v) is 41.8. The van der Waals surface area contributed by atoms with E-state index in [2.05, 4.69) is 15.9 Å². The summed E-state index contributed by atoms with van der Waals surface area (Å²) < 4.78 is 7.72. The van der Waals surface area contributed by atoms with E-state index in [1.54, 1.807) is 24.3 Å². The quantitative estimate of drug-likeness (QED) is 0.0587. The van der Waals surface area contributed by atoms with Gasteiger partial charge in [-0.3, -0.25) is 14.4 Å². The lowest BCUT2D eigenvalue weighted by Crippen LogP contribution is -2.40. The minimum absolute atomic E-state index is 0.0243. The maximum absolute atomic E-state index is 15.6. The van der Waals surface area contributed by atoms with Crippen LogP contribution < -0.4 is 18.3 Å². The van der Waals surface area contributed by atoms with Gasteiger partial charge in [-0.2, -0.15) is 9.13 Å². The smallest absolute Gasteiger partial charge is 0.255 e. The van der Waals surface area contributed by atoms with Gasteiger partial charge in [-0.25, -0.2) is 9.13 Å². The first-order valence-corrected chi connectivity index (χ1v) is 24.3. The van der Waals surface area contributed by atoms with Crippen LogP contribution in [0, 0.1) is 0 Å². The molecule has 0 fully saturated rings. The molecule has 4 aromatic heterocycles. The van der Waals surface area contributed by atoms with E-state index in [9.17, 15) is 30.6 Å². The number of aliphatic hydroxyl groups is 6. The lowest BCUT2D eigenvalue weighted by molar-refractivity contribution is -0.671. The maximum Gasteiger partial charge on any atom is 0.255 e. The molecule has 4 heterocycles. The first-order chi connectivity index (χ1) is 35.0. The first-order valence-electron chi connectivity index (χ1n) is 23.5. The first kappa shape index (κ1) is 52.7. The SMILES string of the molecule is C[n+]1ccc(-c2cc[n+](-c3ccc(-c4c(C(=O)N(CCO)CCO)c(Br)c(C(=O)N(CCO)CCO)c(-c5ccc(-[n+]6ccc(-c7cc[n+](C)cc7)cc6)cc5)c4C(=O)N(CCO)CCO)cc3)cc2)cc1. The van der Waals surface area contributed by atoms with Gasteiger partial charge in [0.2, 0.25) is 11.4 Å². The number of aryl methyl sites for hydroxylation is 2. The molecule has 0 aliphatic heterocycles. The van der Waals surface area contributed by atoms with Gasteiger partial charge < -0.3 is 45.3 Å². The Bertz CT molecular complexity index is 2760. The van der Waals surface area contributed by atoms with Crippen LogP contribution in [0.1, 0.15) is 31.1 Å². The molecule has 7 rings (SSSR count). The summed E-state index contributed by atoms with van der Waals surface area (Å²) >= 11 is 3.70. The molecule has 0 atom stereocenters. The number of pyridine rings is 4. The van der Waals surface area contributed by atoms with Crippen LogP contribution in [-0.2, 0) is 14.1 Å². The van der Waals surface area contributed by atoms with E-state index in [1.165, 1.54) is 14.7 Å². The topological polar surface area (TPSA) is 198 Å². The van der Waals surface area contributed by atoms with Crippen LogP contribution in [0.3, 0.4) is 0 Å². The monoisotopic (exact) mass is 1040 g/mol. The van der Waals surface area contributed by atoms with Gasteiger partial charge in [-0.1, -0.05) is 0 Å². The fourth-order valence-electron chi connectivity index (χ4n) is 8.63. The van der Waals surface area contributed by atoms with Gasteiger partial charge in [0.05, 0.1) is 56.3 Å². The molecule has 16 nitrogen and oxygen atoms in total. The molecular weight excluding hydrogens is 983 g/mol. The van der Waals surface area contributed by atoms with Crippen LogP contribution in [0.25, 0.3) is 55.9 Å². The lowest BCUT2D eigenvalue weighted by Gasteiger charge is -2.31. The van der Waals surface area contributed by atoms with Crippen molar-refractivity contribution in [3.8, 4) is 55.9 Å². The van der Waals surface area contributed by atoms with Gasteiger partial charge >= 0.3 is 0 Å². The van der Waals surface area contributed by atoms with Crippen molar-refractivity contribution in [2.45, 2.75) is 0 Å². The minimum Gasteiger partial charge on any atom is -0.395 e. The number of benzene rings is 3. The molecule has 17 heteroatoms. The number of halogens is 1. The Balaban J connectivity index is 1.50. The molecule has 0 spiro atoms. The van der Waals surface area contributed by atoms with Crippen LogP contribution in [0.2, 0.25) is 0 Å². The van der Waals surface area contributed by atoms with Crippen LogP contribution in [0.4, 0.5) is 0 Å². The number of carbonyl (C=O) groups excluding carboxylic acids is 3. The van der Waals surface area contributed by atoms with Gasteiger partial charge in [0.15, 0.2) is 49.6 Å². The molecule has 0 aliphatic carbocycles. The highest BCUT2D eigenvalue weighted by Gasteiger charge is 2.38. The van der Waals surface area contributed by atoms with Crippen LogP contribution >= 0.6 is 15.9 Å². The summed E-state index contributed by atoms with van der Waals surface area (Å²) in [7, 11) is 3.90. The normalized spacial score (nSPS) is 11.1. The molecule has 0 saturated heterocycles. The highest BCUT2D eigenvalue weighted by atomic mass is 79.9. The van der Waals surface area contributed by atoms with Gasteiger partial charge in [-0.05, 0) is 73.6 Å². The Labute approximate surface area is 426 Å². The molecule has 0 bridgehead atoms. The average Bonchev–Trinajstić information content (AvgIpc) is 3.40. The number of hydrogen-bond acceptors (Lipinski definition) is 9. The van der Waals surface area contributed by atoms with E-state index in [0.717, 1.165) is 33.6 Å². The summed E-state index contributed by atoms with van der Waals surface area (Å²) in [4.78, 5) is 49.7. The molecule has 72 heavy (non-hydrogen) atoms. The molecule has 6 N–H and O–H groups in total. The highest BCUT2D eigenvalue weighted by molar-refractivity contribution is 9.10. The lowest BCUT2D eigenvalue weighted by atomic mass is 9.83. The third-order valence-corrected chi connectivity index (χ3v) is 13.1. The summed E-state index contributed by atoms with van der Waals surface area (Å²) in [6.07, 6.45) is 15.6. The number of nitrogens with zero attached hydrogens (tertiary/aromatic N) is 7. The molecule has 3 amide bonds. The molecule has 0 saturated carbocycles. The Hall–Kier alpha value is -7.09. The second-order valence-corrected chi connectivity index (χ2v) is 17.8. The minimum atomic E-state index is -0.732. The van der Waals surface area contributed by atoms with Crippen molar-refractivity contribution in [1.82, 2.24) is 14.7 Å². The second kappa shape index (κ2) is 24.8. The largest absolute Gasteiger partial charge is 0.395 e. The molecule has 372 valence electrons. The van der Waals surface area contributed by atoms with Crippen molar-refractivity contribution in [1.29, 1.82) is 0 Å². The van der Waals surface area contributed by atoms with Gasteiger partial charge in [0.1, 0.15) is 14.1 Å². The summed E-state index contributed by atoms with van der Waals surface area (Å²) in [6, 6.07) is 30.4. The van der Waals surface area contributed by atoms with Crippen molar-refractivity contribution in [3.05, 3.63) is 168 Å². The van der Waals surface area contributed by atoms with Crippen LogP contribution in [-0.4, -0.2) is 142 Å². The number of aromatic nitrogens is 4. The molecule has 3 aromatic carbocycles. The van der Waals surface area contributed by atoms with Crippen LogP contribution in [0.5, 0.6) is 0 Å². The van der Waals surface area contributed by atoms with Crippen molar-refractivity contribution in [2.24, 2.45) is 14.1 Å². The summed E-state index contributed by atoms with van der Waals surface area (Å²) in [6.45, 7) is -4.12. The maximum atomic E-state index is 15.6. The molecule has 0 unspecified atom stereocenters. The Morgan fingerprint density at radius 2 is 0.625 bits per heavy atom. The van der Waals surface area contributed by atoms with E-state index in [0.29, 0.717) is 11.1 Å². The van der Waals surface area contributed by atoms with E-state index in [4.69, 9.17) is 0 Å². The fourth-order valence-corrected chi connectivity index (χ4v) is 9.36. The highest BCUT2D eigenvalue weighted by Crippen LogP contribution is 2.45. The molecule has 7 aromatic rings. The number of carbonyl (C=O) groups is 3. The summed E-state index contributed by atoms with van der Waals surface area (Å²) in [5, 5.41) is 61.3. The molecular formula is C55H60BrN7O9+4. The number of aliphatic hydroxyl groups excluding tert-OH is 6. The van der Waals surface area contributed by atoms with Crippen molar-refractivity contribution in [3.63, 3.8) is 0 Å². The second-order valence-electron chi connectivity index (χ2n) is 17.0. The van der Waals surface area contributed by atoms with Crippen molar-refractivity contribution in [2.75, 3.05) is 78.9 Å². The zero-order chi connectivity index (χ0) is 51.3. The number of amides is 3. The number of rotatable bonds is 21. The third kappa shape index (κ3) is 11.8. The van der Waals surface area contributed by atoms with E-state index >= 15 is 14.4 Å². The fraction of sp³-hybridized carbons (Fsp3) is 0.255. The van der Waals surface area contributed by atoms with E-state index in [-0.39, 0.29) is 71.6 Å². The third-order valence-electron chi connectivity index (χ3n) is 12.4. The van der Waals surface area contributed by atoms with Gasteiger partial charge in [0, 0.05) is 128 Å². The standard InChI is InChI=1S/C55H60BrN7O9/c1-57-19-11-39(12-20-57)41-15-23-59(24-16-41)45-7-3-43(4-8-45)47-49(53(70)61(27-33-64)28-34-65)48(44-5-9-46(10-6-44)60-25-17-42(18-26-60)40-13-21-58(2)22-14-40)51(55(72)63(31-37-68)32-38-69)52(56)50(47)54(71)62(29-35-66)30-36-67/h3-26,64-69H,27-38H2,1-2H3/q+4. The van der Waals surface area contributed by atoms with E-state index < -0.39 is 57.4 Å². The summed E-state index contributed by atoms with van der Waals surface area (Å²) in [5.74, 6) is -2.19. The molecule has 0 aliphatic rings. The van der Waals surface area contributed by atoms with Gasteiger partial charge in [0.25, 0.3) is 17.7 Å². The van der Waals surface area contributed by atoms with Gasteiger partial charge in [-0.15, -0.1) is 0 Å². The van der Waals surface area contributed by atoms with E-state index in [1.807, 2.05) is 155 Å². The Kier molecular flexibility index (Phi) is 18.2. The average molecular weight is 1040 g/mol. The Morgan fingerprint density at radius 3 is 0.889 bits per heavy atom. The Morgan fingerprint density at radius 1 is 0.375 bits per heavy atom. The number of hydrogen-bond donors (Lipinski definition) is 6. The predicted molar refractivity (Wildman–Crippen MR) is 272 cm³/mol. The zero-order valence-electron chi connectivity index (χ0n) is 40.3. The summed E-state index contributed by atoms with van der Waals surface area (Å²) in [5.41, 5.74) is 6.10. The van der Waals surface area contributed by atoms with Crippen molar-refractivity contribution < 1.29 is 63.3 Å². The molecule has 0 radical (unpaired) electrons. The predicted octanol–water partition coefficient (Wildman–Crippen LogP) is 2.60. The van der Waals surface area contributed by atoms with Crippen molar-refractivity contribution >= 4 is 33.7 Å².